The van der Waals surface area contributed by atoms with Crippen LogP contribution in [0.2, 0.25) is 0 Å². The van der Waals surface area contributed by atoms with Crippen LogP contribution < -0.4 is 4.74 Å². The summed E-state index contributed by atoms with van der Waals surface area (Å²) in [5, 5.41) is 0. The van der Waals surface area contributed by atoms with Crippen LogP contribution in [0.4, 0.5) is 0 Å². The lowest BCUT2D eigenvalue weighted by Crippen LogP contribution is -2.37. The first-order valence-electron chi connectivity index (χ1n) is 9.16. The summed E-state index contributed by atoms with van der Waals surface area (Å²) in [5.74, 6) is 1.13. The molecule has 2 heteroatoms. The van der Waals surface area contributed by atoms with E-state index in [-0.39, 0.29) is 5.60 Å². The zero-order valence-electron chi connectivity index (χ0n) is 16.2. The van der Waals surface area contributed by atoms with Crippen LogP contribution in [0.15, 0.2) is 11.6 Å². The van der Waals surface area contributed by atoms with E-state index >= 15 is 0 Å². The van der Waals surface area contributed by atoms with Gasteiger partial charge in [-0.1, -0.05) is 11.6 Å². The summed E-state index contributed by atoms with van der Waals surface area (Å²) in [7, 11) is 0. The molecule has 1 atom stereocenters. The molecular weight excluding hydrogens is 296 g/mol. The standard InChI is InChI=1S/C22H32O2/c1-15(10-8-14-23)9-7-12-22(6)13-11-20-18(4)16(2)17(3)19(5)21(20)24-22/h9,14H,7-8,10-13H2,1-6H3/b15-9+/t22-/m1/s1. The summed E-state index contributed by atoms with van der Waals surface area (Å²) >= 11 is 0. The van der Waals surface area contributed by atoms with Crippen molar-refractivity contribution in [2.75, 3.05) is 0 Å². The molecule has 0 N–H and O–H groups in total. The average Bonchev–Trinajstić information content (AvgIpc) is 2.56. The van der Waals surface area contributed by atoms with Gasteiger partial charge in [0.15, 0.2) is 0 Å². The normalized spacial score (nSPS) is 20.5. The lowest BCUT2D eigenvalue weighted by molar-refractivity contribution is -0.107. The molecule has 2 rings (SSSR count). The first kappa shape index (κ1) is 18.8. The van der Waals surface area contributed by atoms with Crippen molar-refractivity contribution in [3.05, 3.63) is 39.5 Å². The molecule has 2 nitrogen and oxygen atoms in total. The minimum atomic E-state index is -0.0899. The Morgan fingerprint density at radius 1 is 1.08 bits per heavy atom. The molecule has 0 radical (unpaired) electrons. The SMILES string of the molecule is C/C(=C\CC[C@]1(C)CCc2c(C)c(C)c(C)c(C)c2O1)CCC=O. The monoisotopic (exact) mass is 328 g/mol. The fraction of sp³-hybridized carbons (Fsp3) is 0.591. The van der Waals surface area contributed by atoms with Crippen LogP contribution in [0.25, 0.3) is 0 Å². The summed E-state index contributed by atoms with van der Waals surface area (Å²) in [5.41, 5.74) is 8.10. The Hall–Kier alpha value is -1.57. The minimum Gasteiger partial charge on any atom is -0.487 e. The van der Waals surface area contributed by atoms with E-state index in [1.807, 2.05) is 0 Å². The van der Waals surface area contributed by atoms with E-state index in [9.17, 15) is 4.79 Å². The molecule has 1 heterocycles. The third-order valence-corrected chi connectivity index (χ3v) is 5.83. The van der Waals surface area contributed by atoms with Crippen LogP contribution in [0, 0.1) is 27.7 Å². The highest BCUT2D eigenvalue weighted by Gasteiger charge is 2.33. The van der Waals surface area contributed by atoms with Crippen LogP contribution in [0.3, 0.4) is 0 Å². The molecule has 0 aromatic heterocycles. The number of fused-ring (bicyclic) bond motifs is 1. The molecule has 1 aliphatic rings. The van der Waals surface area contributed by atoms with E-state index in [1.165, 1.54) is 33.4 Å². The predicted molar refractivity (Wildman–Crippen MR) is 101 cm³/mol. The largest absolute Gasteiger partial charge is 0.487 e. The minimum absolute atomic E-state index is 0.0899. The van der Waals surface area contributed by atoms with Gasteiger partial charge in [-0.15, -0.1) is 0 Å². The number of hydrogen-bond donors (Lipinski definition) is 0. The summed E-state index contributed by atoms with van der Waals surface area (Å²) in [6, 6.07) is 0. The molecular formula is C22H32O2. The van der Waals surface area contributed by atoms with Gasteiger partial charge in [0.2, 0.25) is 0 Å². The van der Waals surface area contributed by atoms with Crippen molar-refractivity contribution < 1.29 is 9.53 Å². The molecule has 0 fully saturated rings. The highest BCUT2D eigenvalue weighted by molar-refractivity contribution is 5.55. The van der Waals surface area contributed by atoms with Gasteiger partial charge < -0.3 is 9.53 Å². The van der Waals surface area contributed by atoms with Gasteiger partial charge in [0, 0.05) is 6.42 Å². The van der Waals surface area contributed by atoms with Crippen LogP contribution in [-0.2, 0) is 11.2 Å². The van der Waals surface area contributed by atoms with Crippen molar-refractivity contribution in [2.45, 2.75) is 85.7 Å². The number of carbonyl (C=O) groups excluding carboxylic acids is 1. The summed E-state index contributed by atoms with van der Waals surface area (Å²) in [4.78, 5) is 10.5. The van der Waals surface area contributed by atoms with Crippen molar-refractivity contribution in [1.29, 1.82) is 0 Å². The molecule has 0 aliphatic carbocycles. The molecule has 0 unspecified atom stereocenters. The lowest BCUT2D eigenvalue weighted by atomic mass is 9.83. The Morgan fingerprint density at radius 3 is 2.42 bits per heavy atom. The van der Waals surface area contributed by atoms with Crippen molar-refractivity contribution in [2.24, 2.45) is 0 Å². The average molecular weight is 328 g/mol. The van der Waals surface area contributed by atoms with E-state index in [4.69, 9.17) is 4.74 Å². The van der Waals surface area contributed by atoms with Crippen LogP contribution in [0.1, 0.15) is 73.8 Å². The van der Waals surface area contributed by atoms with E-state index in [0.29, 0.717) is 6.42 Å². The van der Waals surface area contributed by atoms with E-state index < -0.39 is 0 Å². The zero-order chi connectivity index (χ0) is 17.9. The van der Waals surface area contributed by atoms with Gasteiger partial charge in [0.25, 0.3) is 0 Å². The summed E-state index contributed by atoms with van der Waals surface area (Å²) in [6.45, 7) is 13.2. The Bertz CT molecular complexity index is 655. The van der Waals surface area contributed by atoms with Gasteiger partial charge >= 0.3 is 0 Å². The summed E-state index contributed by atoms with van der Waals surface area (Å²) < 4.78 is 6.54. The maximum atomic E-state index is 10.5. The maximum absolute atomic E-state index is 10.5. The number of allylic oxidation sites excluding steroid dienone is 2. The van der Waals surface area contributed by atoms with Crippen molar-refractivity contribution in [3.63, 3.8) is 0 Å². The van der Waals surface area contributed by atoms with Crippen molar-refractivity contribution in [3.8, 4) is 5.75 Å². The molecule has 0 spiro atoms. The van der Waals surface area contributed by atoms with E-state index in [1.54, 1.807) is 0 Å². The second kappa shape index (κ2) is 7.55. The van der Waals surface area contributed by atoms with E-state index in [0.717, 1.165) is 44.1 Å². The van der Waals surface area contributed by atoms with Gasteiger partial charge in [-0.2, -0.15) is 0 Å². The second-order valence-electron chi connectivity index (χ2n) is 7.65. The van der Waals surface area contributed by atoms with E-state index in [2.05, 4.69) is 47.6 Å². The number of rotatable bonds is 6. The smallest absolute Gasteiger partial charge is 0.126 e. The predicted octanol–water partition coefficient (Wildman–Crippen LogP) is 5.71. The first-order chi connectivity index (χ1) is 11.3. The van der Waals surface area contributed by atoms with Crippen LogP contribution >= 0.6 is 0 Å². The topological polar surface area (TPSA) is 26.3 Å². The van der Waals surface area contributed by atoms with Crippen LogP contribution in [-0.4, -0.2) is 11.9 Å². The Labute approximate surface area is 147 Å². The van der Waals surface area contributed by atoms with Gasteiger partial charge in [0.05, 0.1) is 0 Å². The quantitative estimate of drug-likeness (QED) is 0.494. The van der Waals surface area contributed by atoms with Crippen molar-refractivity contribution >= 4 is 6.29 Å². The number of aldehydes is 1. The fourth-order valence-corrected chi connectivity index (χ4v) is 3.67. The maximum Gasteiger partial charge on any atom is 0.126 e. The summed E-state index contributed by atoms with van der Waals surface area (Å²) in [6.07, 6.45) is 8.98. The third kappa shape index (κ3) is 3.91. The number of ether oxygens (including phenoxy) is 1. The number of carbonyl (C=O) groups is 1. The first-order valence-corrected chi connectivity index (χ1v) is 9.16. The third-order valence-electron chi connectivity index (χ3n) is 5.83. The second-order valence-corrected chi connectivity index (χ2v) is 7.65. The molecule has 1 aromatic carbocycles. The molecule has 24 heavy (non-hydrogen) atoms. The molecule has 0 bridgehead atoms. The lowest BCUT2D eigenvalue weighted by Gasteiger charge is -2.38. The fourth-order valence-electron chi connectivity index (χ4n) is 3.67. The highest BCUT2D eigenvalue weighted by Crippen LogP contribution is 2.42. The number of benzene rings is 1. The highest BCUT2D eigenvalue weighted by atomic mass is 16.5. The van der Waals surface area contributed by atoms with Gasteiger partial charge in [-0.05, 0) is 101 Å². The Morgan fingerprint density at radius 2 is 1.75 bits per heavy atom. The van der Waals surface area contributed by atoms with Gasteiger partial charge in [-0.25, -0.2) is 0 Å². The molecule has 1 aromatic rings. The molecule has 0 saturated heterocycles. The molecule has 1 aliphatic heterocycles. The molecule has 0 saturated carbocycles. The van der Waals surface area contributed by atoms with Gasteiger partial charge in [0.1, 0.15) is 17.6 Å². The van der Waals surface area contributed by atoms with Crippen LogP contribution in [0.5, 0.6) is 5.75 Å². The molecule has 0 amide bonds. The van der Waals surface area contributed by atoms with Gasteiger partial charge in [-0.3, -0.25) is 0 Å². The van der Waals surface area contributed by atoms with Crippen molar-refractivity contribution in [1.82, 2.24) is 0 Å². The molecule has 132 valence electrons. The zero-order valence-corrected chi connectivity index (χ0v) is 16.2. The Balaban J connectivity index is 2.12. The number of hydrogen-bond acceptors (Lipinski definition) is 2. The Kier molecular flexibility index (Phi) is 5.90.